The highest BCUT2D eigenvalue weighted by molar-refractivity contribution is 7.90. The lowest BCUT2D eigenvalue weighted by Gasteiger charge is -2.17. The number of halogens is 3. The van der Waals surface area contributed by atoms with Crippen molar-refractivity contribution in [3.63, 3.8) is 0 Å². The topological polar surface area (TPSA) is 72.5 Å². The lowest BCUT2D eigenvalue weighted by atomic mass is 10.1. The Balaban J connectivity index is 2.09. The van der Waals surface area contributed by atoms with Gasteiger partial charge in [-0.15, -0.1) is 0 Å². The van der Waals surface area contributed by atoms with E-state index in [-0.39, 0.29) is 16.3 Å². The van der Waals surface area contributed by atoms with E-state index in [9.17, 15) is 26.4 Å². The van der Waals surface area contributed by atoms with E-state index in [1.54, 1.807) is 0 Å². The highest BCUT2D eigenvalue weighted by atomic mass is 32.2. The summed E-state index contributed by atoms with van der Waals surface area (Å²) in [6.07, 6.45) is -4.65. The lowest BCUT2D eigenvalue weighted by molar-refractivity contribution is -0.137. The van der Waals surface area contributed by atoms with Gasteiger partial charge in [0, 0.05) is 6.26 Å². The van der Waals surface area contributed by atoms with Gasteiger partial charge in [-0.1, -0.05) is 12.1 Å². The minimum Gasteiger partial charge on any atom is -0.481 e. The molecule has 9 heteroatoms. The van der Waals surface area contributed by atoms with Crippen LogP contribution in [0.1, 0.15) is 12.5 Å². The van der Waals surface area contributed by atoms with Crippen LogP contribution in [0.15, 0.2) is 53.4 Å². The zero-order chi connectivity index (χ0) is 19.5. The summed E-state index contributed by atoms with van der Waals surface area (Å²) in [7, 11) is -3.37. The van der Waals surface area contributed by atoms with Gasteiger partial charge >= 0.3 is 6.18 Å². The Hall–Kier alpha value is -2.55. The van der Waals surface area contributed by atoms with Crippen molar-refractivity contribution in [3.05, 3.63) is 54.1 Å². The third-order valence-corrected chi connectivity index (χ3v) is 4.55. The van der Waals surface area contributed by atoms with Crippen molar-refractivity contribution >= 4 is 21.4 Å². The Bertz CT molecular complexity index is 893. The molecule has 2 aromatic carbocycles. The first-order chi connectivity index (χ1) is 12.0. The third-order valence-electron chi connectivity index (χ3n) is 3.42. The number of anilines is 1. The zero-order valence-electron chi connectivity index (χ0n) is 13.9. The lowest BCUT2D eigenvalue weighted by Crippen LogP contribution is -2.31. The van der Waals surface area contributed by atoms with E-state index in [1.165, 1.54) is 43.3 Å². The molecule has 0 spiro atoms. The van der Waals surface area contributed by atoms with E-state index >= 15 is 0 Å². The Morgan fingerprint density at radius 3 is 2.19 bits per heavy atom. The number of carbonyl (C=O) groups excluding carboxylic acids is 1. The van der Waals surface area contributed by atoms with Gasteiger partial charge in [-0.3, -0.25) is 4.79 Å². The molecule has 140 valence electrons. The van der Waals surface area contributed by atoms with Gasteiger partial charge in [0.2, 0.25) is 0 Å². The van der Waals surface area contributed by atoms with E-state index in [1.807, 2.05) is 0 Å². The van der Waals surface area contributed by atoms with Crippen molar-refractivity contribution in [2.75, 3.05) is 11.6 Å². The van der Waals surface area contributed by atoms with Crippen LogP contribution in [-0.4, -0.2) is 26.7 Å². The number of rotatable bonds is 5. The Morgan fingerprint density at radius 2 is 1.65 bits per heavy atom. The van der Waals surface area contributed by atoms with E-state index in [0.29, 0.717) is 0 Å². The second-order valence-corrected chi connectivity index (χ2v) is 7.55. The summed E-state index contributed by atoms with van der Waals surface area (Å²) >= 11 is 0. The van der Waals surface area contributed by atoms with E-state index in [4.69, 9.17) is 4.74 Å². The van der Waals surface area contributed by atoms with Gasteiger partial charge < -0.3 is 10.1 Å². The molecule has 0 saturated carbocycles. The molecule has 1 atom stereocenters. The Kier molecular flexibility index (Phi) is 5.60. The third kappa shape index (κ3) is 4.98. The number of nitrogens with one attached hydrogen (secondary N) is 1. The van der Waals surface area contributed by atoms with Crippen molar-refractivity contribution in [1.29, 1.82) is 0 Å². The van der Waals surface area contributed by atoms with Crippen LogP contribution in [0.25, 0.3) is 0 Å². The number of ether oxygens (including phenoxy) is 1. The van der Waals surface area contributed by atoms with Gasteiger partial charge in [-0.25, -0.2) is 8.42 Å². The Labute approximate surface area is 148 Å². The maximum atomic E-state index is 12.9. The van der Waals surface area contributed by atoms with Crippen LogP contribution in [0, 0.1) is 0 Å². The maximum absolute atomic E-state index is 12.9. The molecule has 0 aliphatic heterocycles. The first-order valence-corrected chi connectivity index (χ1v) is 9.31. The van der Waals surface area contributed by atoms with E-state index in [2.05, 4.69) is 5.32 Å². The molecule has 0 fully saturated rings. The predicted molar refractivity (Wildman–Crippen MR) is 89.7 cm³/mol. The van der Waals surface area contributed by atoms with Gasteiger partial charge in [0.05, 0.1) is 16.1 Å². The van der Waals surface area contributed by atoms with Crippen LogP contribution in [0.5, 0.6) is 5.75 Å². The summed E-state index contributed by atoms with van der Waals surface area (Å²) in [5.41, 5.74) is -1.33. The summed E-state index contributed by atoms with van der Waals surface area (Å²) in [6, 6.07) is 9.97. The molecular weight excluding hydrogens is 371 g/mol. The second-order valence-electron chi connectivity index (χ2n) is 5.54. The number of alkyl halides is 3. The largest absolute Gasteiger partial charge is 0.481 e. The van der Waals surface area contributed by atoms with Gasteiger partial charge in [-0.2, -0.15) is 13.2 Å². The van der Waals surface area contributed by atoms with Crippen molar-refractivity contribution in [2.24, 2.45) is 0 Å². The fourth-order valence-electron chi connectivity index (χ4n) is 2.10. The average Bonchev–Trinajstić information content (AvgIpc) is 2.54. The molecule has 1 amide bonds. The molecule has 1 unspecified atom stereocenters. The summed E-state index contributed by atoms with van der Waals surface area (Å²) in [4.78, 5) is 12.2. The van der Waals surface area contributed by atoms with Crippen LogP contribution in [0.2, 0.25) is 0 Å². The maximum Gasteiger partial charge on any atom is 0.418 e. The monoisotopic (exact) mass is 387 g/mol. The number of benzene rings is 2. The van der Waals surface area contributed by atoms with Gasteiger partial charge in [-0.05, 0) is 43.3 Å². The minimum absolute atomic E-state index is 0.0843. The SMILES string of the molecule is CC(Oc1ccc(S(C)(=O)=O)cc1)C(=O)Nc1ccccc1C(F)(F)F. The molecular formula is C17H16F3NO4S. The number of para-hydroxylation sites is 1. The molecule has 2 aromatic rings. The first-order valence-electron chi connectivity index (χ1n) is 7.42. The van der Waals surface area contributed by atoms with Gasteiger partial charge in [0.15, 0.2) is 15.9 Å². The normalized spacial score (nSPS) is 13.1. The number of hydrogen-bond donors (Lipinski definition) is 1. The van der Waals surface area contributed by atoms with Crippen molar-refractivity contribution < 1.29 is 31.1 Å². The average molecular weight is 387 g/mol. The smallest absolute Gasteiger partial charge is 0.418 e. The van der Waals surface area contributed by atoms with Crippen LogP contribution >= 0.6 is 0 Å². The Morgan fingerprint density at radius 1 is 1.08 bits per heavy atom. The highest BCUT2D eigenvalue weighted by Crippen LogP contribution is 2.34. The molecule has 0 aromatic heterocycles. The summed E-state index contributed by atoms with van der Waals surface area (Å²) in [5, 5.41) is 2.19. The molecule has 5 nitrogen and oxygen atoms in total. The van der Waals surface area contributed by atoms with E-state index < -0.39 is 33.6 Å². The molecule has 0 radical (unpaired) electrons. The highest BCUT2D eigenvalue weighted by Gasteiger charge is 2.34. The number of sulfone groups is 1. The van der Waals surface area contributed by atoms with Crippen LogP contribution in [-0.2, 0) is 20.8 Å². The quantitative estimate of drug-likeness (QED) is 0.852. The summed E-state index contributed by atoms with van der Waals surface area (Å²) < 4.78 is 67.0. The fourth-order valence-corrected chi connectivity index (χ4v) is 2.73. The van der Waals surface area contributed by atoms with Crippen molar-refractivity contribution in [2.45, 2.75) is 24.1 Å². The van der Waals surface area contributed by atoms with Crippen LogP contribution < -0.4 is 10.1 Å². The molecule has 1 N–H and O–H groups in total. The van der Waals surface area contributed by atoms with Crippen molar-refractivity contribution in [1.82, 2.24) is 0 Å². The molecule has 0 aliphatic rings. The van der Waals surface area contributed by atoms with Gasteiger partial charge in [0.1, 0.15) is 5.75 Å². The minimum atomic E-state index is -4.60. The number of hydrogen-bond acceptors (Lipinski definition) is 4. The molecule has 2 rings (SSSR count). The number of carbonyl (C=O) groups is 1. The van der Waals surface area contributed by atoms with Crippen molar-refractivity contribution in [3.8, 4) is 5.75 Å². The molecule has 26 heavy (non-hydrogen) atoms. The second kappa shape index (κ2) is 7.36. The van der Waals surface area contributed by atoms with Gasteiger partial charge in [0.25, 0.3) is 5.91 Å². The first kappa shape index (κ1) is 19.8. The summed E-state index contributed by atoms with van der Waals surface area (Å²) in [5.74, 6) is -0.557. The molecule has 0 aliphatic carbocycles. The zero-order valence-corrected chi connectivity index (χ0v) is 14.7. The fraction of sp³-hybridized carbons (Fsp3) is 0.235. The van der Waals surface area contributed by atoms with Crippen LogP contribution in [0.3, 0.4) is 0 Å². The van der Waals surface area contributed by atoms with E-state index in [0.717, 1.165) is 18.4 Å². The standard InChI is InChI=1S/C17H16F3NO4S/c1-11(25-12-7-9-13(10-8-12)26(2,23)24)16(22)21-15-6-4-3-5-14(15)17(18,19)20/h3-11H,1-2H3,(H,21,22). The molecule has 0 saturated heterocycles. The molecule has 0 heterocycles. The molecule has 0 bridgehead atoms. The summed E-state index contributed by atoms with van der Waals surface area (Å²) in [6.45, 7) is 1.37. The predicted octanol–water partition coefficient (Wildman–Crippen LogP) is 3.51. The number of amides is 1. The van der Waals surface area contributed by atoms with Crippen LogP contribution in [0.4, 0.5) is 18.9 Å².